The van der Waals surface area contributed by atoms with Gasteiger partial charge in [0.05, 0.1) is 10.6 Å². The maximum absolute atomic E-state index is 8.76. The fraction of sp³-hybridized carbons (Fsp3) is 0. The van der Waals surface area contributed by atoms with Crippen molar-refractivity contribution in [1.29, 1.82) is 5.26 Å². The van der Waals surface area contributed by atoms with Crippen LogP contribution in [0.4, 0.5) is 17.1 Å². The first kappa shape index (κ1) is 11.3. The minimum atomic E-state index is 0.432. The van der Waals surface area contributed by atoms with Gasteiger partial charge in [0, 0.05) is 17.1 Å². The first-order valence-electron chi connectivity index (χ1n) is 5.01. The van der Waals surface area contributed by atoms with E-state index in [4.69, 9.17) is 22.6 Å². The molecule has 0 fully saturated rings. The average Bonchev–Trinajstić information content (AvgIpc) is 2.29. The Balaban J connectivity index is 2.25. The van der Waals surface area contributed by atoms with Gasteiger partial charge >= 0.3 is 0 Å². The predicted octanol–water partition coefficient (Wildman–Crippen LogP) is 3.54. The summed E-state index contributed by atoms with van der Waals surface area (Å²) in [5, 5.41) is 12.4. The standard InChI is InChI=1S/C13H10ClN3/c14-13-7-12(5-4-9(13)8-15)17-11-3-1-2-10(16)6-11/h1-7,17H,16H2. The largest absolute Gasteiger partial charge is 0.399 e. The molecule has 84 valence electrons. The molecule has 0 amide bonds. The summed E-state index contributed by atoms with van der Waals surface area (Å²) >= 11 is 5.94. The molecule has 0 aliphatic rings. The molecule has 3 N–H and O–H groups in total. The molecule has 2 rings (SSSR count). The maximum Gasteiger partial charge on any atom is 0.101 e. The normalized spacial score (nSPS) is 9.65. The lowest BCUT2D eigenvalue weighted by molar-refractivity contribution is 1.47. The van der Waals surface area contributed by atoms with Crippen LogP contribution in [0, 0.1) is 11.3 Å². The Morgan fingerprint density at radius 3 is 2.53 bits per heavy atom. The molecule has 0 aliphatic carbocycles. The van der Waals surface area contributed by atoms with Crippen molar-refractivity contribution in [3.63, 3.8) is 0 Å². The van der Waals surface area contributed by atoms with Crippen LogP contribution in [0.5, 0.6) is 0 Å². The molecule has 2 aromatic rings. The highest BCUT2D eigenvalue weighted by Gasteiger charge is 2.01. The summed E-state index contributed by atoms with van der Waals surface area (Å²) in [4.78, 5) is 0. The third kappa shape index (κ3) is 2.68. The molecule has 0 heterocycles. The molecular weight excluding hydrogens is 234 g/mol. The molecule has 0 saturated heterocycles. The zero-order valence-corrected chi connectivity index (χ0v) is 9.70. The number of anilines is 3. The maximum atomic E-state index is 8.76. The first-order valence-corrected chi connectivity index (χ1v) is 5.39. The summed E-state index contributed by atoms with van der Waals surface area (Å²) in [5.74, 6) is 0. The second-order valence-corrected chi connectivity index (χ2v) is 3.96. The Kier molecular flexibility index (Phi) is 3.17. The predicted molar refractivity (Wildman–Crippen MR) is 70.3 cm³/mol. The number of nitrogen functional groups attached to an aromatic ring is 1. The van der Waals surface area contributed by atoms with E-state index < -0.39 is 0 Å². The Morgan fingerprint density at radius 2 is 1.88 bits per heavy atom. The van der Waals surface area contributed by atoms with E-state index in [2.05, 4.69) is 5.32 Å². The van der Waals surface area contributed by atoms with Crippen LogP contribution in [0.3, 0.4) is 0 Å². The number of nitrogens with two attached hydrogens (primary N) is 1. The Bertz CT molecular complexity index is 587. The van der Waals surface area contributed by atoms with Crippen molar-refractivity contribution in [3.8, 4) is 6.07 Å². The van der Waals surface area contributed by atoms with E-state index in [0.29, 0.717) is 16.3 Å². The average molecular weight is 244 g/mol. The van der Waals surface area contributed by atoms with Crippen LogP contribution in [-0.2, 0) is 0 Å². The van der Waals surface area contributed by atoms with Crippen molar-refractivity contribution >= 4 is 28.7 Å². The molecule has 0 atom stereocenters. The SMILES string of the molecule is N#Cc1ccc(Nc2cccc(N)c2)cc1Cl. The number of halogens is 1. The number of benzene rings is 2. The molecule has 4 heteroatoms. The van der Waals surface area contributed by atoms with Crippen LogP contribution < -0.4 is 11.1 Å². The smallest absolute Gasteiger partial charge is 0.101 e. The van der Waals surface area contributed by atoms with Crippen LogP contribution in [-0.4, -0.2) is 0 Å². The van der Waals surface area contributed by atoms with Gasteiger partial charge in [0.25, 0.3) is 0 Å². The summed E-state index contributed by atoms with van der Waals surface area (Å²) < 4.78 is 0. The summed E-state index contributed by atoms with van der Waals surface area (Å²) in [6, 6.07) is 14.6. The minimum Gasteiger partial charge on any atom is -0.399 e. The Hall–Kier alpha value is -2.18. The highest BCUT2D eigenvalue weighted by atomic mass is 35.5. The molecule has 0 bridgehead atoms. The summed E-state index contributed by atoms with van der Waals surface area (Å²) in [6.07, 6.45) is 0. The molecule has 3 nitrogen and oxygen atoms in total. The van der Waals surface area contributed by atoms with E-state index >= 15 is 0 Å². The molecule has 0 saturated carbocycles. The second-order valence-electron chi connectivity index (χ2n) is 3.56. The highest BCUT2D eigenvalue weighted by Crippen LogP contribution is 2.24. The minimum absolute atomic E-state index is 0.432. The number of nitrogens with one attached hydrogen (secondary N) is 1. The zero-order chi connectivity index (χ0) is 12.3. The van der Waals surface area contributed by atoms with E-state index in [9.17, 15) is 0 Å². The third-order valence-electron chi connectivity index (χ3n) is 2.26. The fourth-order valence-corrected chi connectivity index (χ4v) is 1.69. The van der Waals surface area contributed by atoms with Gasteiger partial charge in [0.15, 0.2) is 0 Å². The quantitative estimate of drug-likeness (QED) is 0.793. The van der Waals surface area contributed by atoms with E-state index in [1.165, 1.54) is 0 Å². The topological polar surface area (TPSA) is 61.8 Å². The first-order chi connectivity index (χ1) is 8.19. The van der Waals surface area contributed by atoms with Crippen molar-refractivity contribution in [2.24, 2.45) is 0 Å². The van der Waals surface area contributed by atoms with Crippen molar-refractivity contribution < 1.29 is 0 Å². The van der Waals surface area contributed by atoms with Gasteiger partial charge in [-0.15, -0.1) is 0 Å². The summed E-state index contributed by atoms with van der Waals surface area (Å²) in [6.45, 7) is 0. The lowest BCUT2D eigenvalue weighted by Crippen LogP contribution is -1.92. The lowest BCUT2D eigenvalue weighted by atomic mass is 10.2. The highest BCUT2D eigenvalue weighted by molar-refractivity contribution is 6.32. The molecule has 0 unspecified atom stereocenters. The van der Waals surface area contributed by atoms with E-state index in [1.54, 1.807) is 18.2 Å². The van der Waals surface area contributed by atoms with E-state index in [0.717, 1.165) is 11.4 Å². The molecule has 0 aliphatic heterocycles. The zero-order valence-electron chi connectivity index (χ0n) is 8.94. The lowest BCUT2D eigenvalue weighted by Gasteiger charge is -2.07. The Morgan fingerprint density at radius 1 is 1.12 bits per heavy atom. The van der Waals surface area contributed by atoms with Gasteiger partial charge in [-0.3, -0.25) is 0 Å². The van der Waals surface area contributed by atoms with Gasteiger partial charge in [0.1, 0.15) is 6.07 Å². The number of hydrogen-bond donors (Lipinski definition) is 2. The molecule has 17 heavy (non-hydrogen) atoms. The van der Waals surface area contributed by atoms with Gasteiger partial charge in [-0.05, 0) is 36.4 Å². The molecule has 2 aromatic carbocycles. The van der Waals surface area contributed by atoms with Crippen LogP contribution in [0.2, 0.25) is 5.02 Å². The number of hydrogen-bond acceptors (Lipinski definition) is 3. The van der Waals surface area contributed by atoms with Crippen LogP contribution in [0.25, 0.3) is 0 Å². The van der Waals surface area contributed by atoms with Crippen molar-refractivity contribution in [2.75, 3.05) is 11.1 Å². The van der Waals surface area contributed by atoms with Gasteiger partial charge in [-0.1, -0.05) is 17.7 Å². The van der Waals surface area contributed by atoms with Gasteiger partial charge < -0.3 is 11.1 Å². The summed E-state index contributed by atoms with van der Waals surface area (Å²) in [7, 11) is 0. The molecule has 0 radical (unpaired) electrons. The van der Waals surface area contributed by atoms with E-state index in [-0.39, 0.29) is 0 Å². The van der Waals surface area contributed by atoms with Crippen molar-refractivity contribution in [2.45, 2.75) is 0 Å². The monoisotopic (exact) mass is 243 g/mol. The number of nitriles is 1. The van der Waals surface area contributed by atoms with Crippen LogP contribution in [0.1, 0.15) is 5.56 Å². The van der Waals surface area contributed by atoms with Crippen molar-refractivity contribution in [1.82, 2.24) is 0 Å². The van der Waals surface area contributed by atoms with Gasteiger partial charge in [0.2, 0.25) is 0 Å². The Labute approximate surface area is 104 Å². The number of rotatable bonds is 2. The van der Waals surface area contributed by atoms with Crippen LogP contribution >= 0.6 is 11.6 Å². The van der Waals surface area contributed by atoms with Crippen molar-refractivity contribution in [3.05, 3.63) is 53.1 Å². The number of nitrogens with zero attached hydrogens (tertiary/aromatic N) is 1. The third-order valence-corrected chi connectivity index (χ3v) is 2.58. The molecule has 0 aromatic heterocycles. The summed E-state index contributed by atoms with van der Waals surface area (Å²) in [5.41, 5.74) is 8.53. The fourth-order valence-electron chi connectivity index (χ4n) is 1.47. The van der Waals surface area contributed by atoms with Crippen LogP contribution in [0.15, 0.2) is 42.5 Å². The van der Waals surface area contributed by atoms with Gasteiger partial charge in [-0.25, -0.2) is 0 Å². The molecule has 0 spiro atoms. The van der Waals surface area contributed by atoms with Gasteiger partial charge in [-0.2, -0.15) is 5.26 Å². The van der Waals surface area contributed by atoms with E-state index in [1.807, 2.05) is 30.3 Å². The molecular formula is C13H10ClN3. The second kappa shape index (κ2) is 4.77.